The second-order valence-corrected chi connectivity index (χ2v) is 5.00. The first-order valence-electron chi connectivity index (χ1n) is 7.39. The second kappa shape index (κ2) is 7.89. The van der Waals surface area contributed by atoms with Crippen LogP contribution in [0.25, 0.3) is 0 Å². The lowest BCUT2D eigenvalue weighted by atomic mass is 10.1. The molecule has 112 valence electrons. The van der Waals surface area contributed by atoms with E-state index in [0.29, 0.717) is 30.7 Å². The summed E-state index contributed by atoms with van der Waals surface area (Å²) < 4.78 is 11.1. The highest BCUT2D eigenvalue weighted by Crippen LogP contribution is 2.26. The van der Waals surface area contributed by atoms with Crippen LogP contribution in [-0.4, -0.2) is 47.7 Å². The molecule has 1 aromatic heterocycles. The third kappa shape index (κ3) is 4.23. The molecule has 2 N–H and O–H groups in total. The van der Waals surface area contributed by atoms with Crippen LogP contribution in [0.4, 0.5) is 5.69 Å². The SMILES string of the molecule is CCCOc1ncnc(OCCN2CCCCC2)c1N. The molecule has 0 atom stereocenters. The lowest BCUT2D eigenvalue weighted by molar-refractivity contribution is 0.180. The van der Waals surface area contributed by atoms with Crippen LogP contribution in [0, 0.1) is 0 Å². The van der Waals surface area contributed by atoms with Crippen LogP contribution >= 0.6 is 0 Å². The first-order valence-corrected chi connectivity index (χ1v) is 7.39. The summed E-state index contributed by atoms with van der Waals surface area (Å²) in [4.78, 5) is 10.5. The summed E-state index contributed by atoms with van der Waals surface area (Å²) in [6.07, 6.45) is 6.25. The number of piperidine rings is 1. The maximum atomic E-state index is 5.95. The van der Waals surface area contributed by atoms with Crippen molar-refractivity contribution in [2.75, 3.05) is 38.6 Å². The zero-order valence-electron chi connectivity index (χ0n) is 12.2. The van der Waals surface area contributed by atoms with Gasteiger partial charge in [0, 0.05) is 6.54 Å². The Morgan fingerprint density at radius 1 is 1.10 bits per heavy atom. The number of nitrogens with two attached hydrogens (primary N) is 1. The van der Waals surface area contributed by atoms with Crippen LogP contribution < -0.4 is 15.2 Å². The highest BCUT2D eigenvalue weighted by molar-refractivity contribution is 5.55. The molecular weight excluding hydrogens is 256 g/mol. The predicted molar refractivity (Wildman–Crippen MR) is 78.0 cm³/mol. The van der Waals surface area contributed by atoms with Crippen molar-refractivity contribution < 1.29 is 9.47 Å². The molecule has 0 amide bonds. The van der Waals surface area contributed by atoms with Gasteiger partial charge in [-0.15, -0.1) is 0 Å². The summed E-state index contributed by atoms with van der Waals surface area (Å²) in [6, 6.07) is 0. The Bertz CT molecular complexity index is 408. The van der Waals surface area contributed by atoms with Gasteiger partial charge in [-0.1, -0.05) is 13.3 Å². The van der Waals surface area contributed by atoms with E-state index in [-0.39, 0.29) is 0 Å². The van der Waals surface area contributed by atoms with Crippen LogP contribution in [0.3, 0.4) is 0 Å². The average molecular weight is 280 g/mol. The molecule has 1 aromatic rings. The molecule has 0 unspecified atom stereocenters. The number of hydrogen-bond acceptors (Lipinski definition) is 6. The highest BCUT2D eigenvalue weighted by atomic mass is 16.5. The Kier molecular flexibility index (Phi) is 5.86. The Balaban J connectivity index is 1.82. The smallest absolute Gasteiger partial charge is 0.244 e. The van der Waals surface area contributed by atoms with Crippen molar-refractivity contribution in [1.29, 1.82) is 0 Å². The topological polar surface area (TPSA) is 73.5 Å². The number of anilines is 1. The quantitative estimate of drug-likeness (QED) is 0.819. The summed E-state index contributed by atoms with van der Waals surface area (Å²) in [5.74, 6) is 0.831. The van der Waals surface area contributed by atoms with E-state index in [0.717, 1.165) is 26.1 Å². The summed E-state index contributed by atoms with van der Waals surface area (Å²) in [5, 5.41) is 0. The van der Waals surface area contributed by atoms with E-state index in [1.165, 1.54) is 25.6 Å². The van der Waals surface area contributed by atoms with Gasteiger partial charge in [-0.25, -0.2) is 0 Å². The lowest BCUT2D eigenvalue weighted by Crippen LogP contribution is -2.33. The monoisotopic (exact) mass is 280 g/mol. The fraction of sp³-hybridized carbons (Fsp3) is 0.714. The first kappa shape index (κ1) is 14.8. The number of aromatic nitrogens is 2. The van der Waals surface area contributed by atoms with Gasteiger partial charge in [0.15, 0.2) is 5.69 Å². The van der Waals surface area contributed by atoms with Gasteiger partial charge in [0.2, 0.25) is 11.8 Å². The molecule has 20 heavy (non-hydrogen) atoms. The molecule has 0 aromatic carbocycles. The summed E-state index contributed by atoms with van der Waals surface area (Å²) in [6.45, 7) is 6.45. The van der Waals surface area contributed by atoms with Crippen LogP contribution in [0.5, 0.6) is 11.8 Å². The van der Waals surface area contributed by atoms with Gasteiger partial charge >= 0.3 is 0 Å². The molecule has 1 fully saturated rings. The minimum atomic E-state index is 0.389. The van der Waals surface area contributed by atoms with E-state index in [2.05, 4.69) is 14.9 Å². The molecule has 1 saturated heterocycles. The highest BCUT2D eigenvalue weighted by Gasteiger charge is 2.12. The molecule has 1 aliphatic heterocycles. The summed E-state index contributed by atoms with van der Waals surface area (Å²) in [7, 11) is 0. The van der Waals surface area contributed by atoms with Crippen LogP contribution in [0.2, 0.25) is 0 Å². The predicted octanol–water partition coefficient (Wildman–Crippen LogP) is 1.71. The van der Waals surface area contributed by atoms with Crippen molar-refractivity contribution in [1.82, 2.24) is 14.9 Å². The summed E-state index contributed by atoms with van der Waals surface area (Å²) in [5.41, 5.74) is 6.34. The van der Waals surface area contributed by atoms with Gasteiger partial charge in [-0.3, -0.25) is 4.90 Å². The standard InChI is InChI=1S/C14H24N4O2/c1-2-9-19-13-12(15)14(17-11-16-13)20-10-8-18-6-4-3-5-7-18/h11H,2-10,15H2,1H3. The van der Waals surface area contributed by atoms with Crippen molar-refractivity contribution in [3.8, 4) is 11.8 Å². The Hall–Kier alpha value is -1.56. The number of rotatable bonds is 7. The third-order valence-corrected chi connectivity index (χ3v) is 3.35. The van der Waals surface area contributed by atoms with E-state index in [9.17, 15) is 0 Å². The zero-order valence-corrected chi connectivity index (χ0v) is 12.2. The van der Waals surface area contributed by atoms with Crippen molar-refractivity contribution >= 4 is 5.69 Å². The normalized spacial score (nSPS) is 16.1. The fourth-order valence-electron chi connectivity index (χ4n) is 2.25. The number of likely N-dealkylation sites (tertiary alicyclic amines) is 1. The molecule has 0 radical (unpaired) electrons. The first-order chi connectivity index (χ1) is 9.81. The lowest BCUT2D eigenvalue weighted by Gasteiger charge is -2.26. The summed E-state index contributed by atoms with van der Waals surface area (Å²) >= 11 is 0. The van der Waals surface area contributed by atoms with Gasteiger partial charge in [0.1, 0.15) is 12.9 Å². The van der Waals surface area contributed by atoms with E-state index in [4.69, 9.17) is 15.2 Å². The molecule has 6 heteroatoms. The van der Waals surface area contributed by atoms with E-state index < -0.39 is 0 Å². The van der Waals surface area contributed by atoms with Crippen molar-refractivity contribution in [3.05, 3.63) is 6.33 Å². The van der Waals surface area contributed by atoms with E-state index >= 15 is 0 Å². The Morgan fingerprint density at radius 3 is 2.40 bits per heavy atom. The molecule has 2 rings (SSSR count). The zero-order chi connectivity index (χ0) is 14.2. The molecule has 2 heterocycles. The molecule has 0 bridgehead atoms. The molecular formula is C14H24N4O2. The van der Waals surface area contributed by atoms with Gasteiger partial charge in [-0.2, -0.15) is 9.97 Å². The third-order valence-electron chi connectivity index (χ3n) is 3.35. The van der Waals surface area contributed by atoms with Gasteiger partial charge < -0.3 is 15.2 Å². The number of hydrogen-bond donors (Lipinski definition) is 1. The van der Waals surface area contributed by atoms with Gasteiger partial charge in [0.05, 0.1) is 6.61 Å². The minimum absolute atomic E-state index is 0.389. The molecule has 0 aliphatic carbocycles. The number of nitrogens with zero attached hydrogens (tertiary/aromatic N) is 3. The van der Waals surface area contributed by atoms with Crippen molar-refractivity contribution in [3.63, 3.8) is 0 Å². The molecule has 0 spiro atoms. The maximum Gasteiger partial charge on any atom is 0.244 e. The second-order valence-electron chi connectivity index (χ2n) is 5.00. The number of nitrogen functional groups attached to an aromatic ring is 1. The van der Waals surface area contributed by atoms with Crippen LogP contribution in [0.15, 0.2) is 6.33 Å². The Labute approximate surface area is 120 Å². The van der Waals surface area contributed by atoms with Crippen LogP contribution in [0.1, 0.15) is 32.6 Å². The maximum absolute atomic E-state index is 5.95. The van der Waals surface area contributed by atoms with Crippen LogP contribution in [-0.2, 0) is 0 Å². The van der Waals surface area contributed by atoms with E-state index in [1.54, 1.807) is 0 Å². The van der Waals surface area contributed by atoms with Gasteiger partial charge in [0.25, 0.3) is 0 Å². The fourth-order valence-corrected chi connectivity index (χ4v) is 2.25. The average Bonchev–Trinajstić information content (AvgIpc) is 2.49. The minimum Gasteiger partial charge on any atom is -0.476 e. The molecule has 6 nitrogen and oxygen atoms in total. The van der Waals surface area contributed by atoms with Crippen molar-refractivity contribution in [2.45, 2.75) is 32.6 Å². The molecule has 0 saturated carbocycles. The molecule has 1 aliphatic rings. The largest absolute Gasteiger partial charge is 0.476 e. The van der Waals surface area contributed by atoms with Crippen molar-refractivity contribution in [2.24, 2.45) is 0 Å². The van der Waals surface area contributed by atoms with E-state index in [1.807, 2.05) is 6.92 Å². The van der Waals surface area contributed by atoms with Gasteiger partial charge in [-0.05, 0) is 32.4 Å². The number of ether oxygens (including phenoxy) is 2. The Morgan fingerprint density at radius 2 is 1.75 bits per heavy atom.